The van der Waals surface area contributed by atoms with Crippen molar-refractivity contribution in [3.05, 3.63) is 203 Å². The molecule has 0 atom stereocenters. The normalized spacial score (nSPS) is 13.4. The Hall–Kier alpha value is -7.15. The van der Waals surface area contributed by atoms with Gasteiger partial charge in [0.25, 0.3) is 0 Å². The first-order chi connectivity index (χ1) is 30.6. The van der Waals surface area contributed by atoms with E-state index in [0.29, 0.717) is 6.67 Å². The summed E-state index contributed by atoms with van der Waals surface area (Å²) in [4.78, 5) is 9.94. The van der Waals surface area contributed by atoms with Crippen LogP contribution in [-0.2, 0) is 5.41 Å². The highest BCUT2D eigenvalue weighted by molar-refractivity contribution is 7.25. The van der Waals surface area contributed by atoms with Crippen molar-refractivity contribution in [1.29, 1.82) is 0 Å². The Morgan fingerprint density at radius 2 is 1.21 bits per heavy atom. The molecule has 0 fully saturated rings. The number of aromatic nitrogens is 2. The van der Waals surface area contributed by atoms with Gasteiger partial charge in [-0.25, -0.2) is 4.98 Å². The maximum absolute atomic E-state index is 6.90. The highest BCUT2D eigenvalue weighted by Crippen LogP contribution is 2.46. The van der Waals surface area contributed by atoms with Crippen molar-refractivity contribution >= 4 is 76.1 Å². The number of pyridine rings is 1. The van der Waals surface area contributed by atoms with Gasteiger partial charge in [-0.1, -0.05) is 123 Å². The number of ether oxygens (including phenoxy) is 1. The highest BCUT2D eigenvalue weighted by atomic mass is 32.1. The van der Waals surface area contributed by atoms with Gasteiger partial charge < -0.3 is 14.5 Å². The minimum Gasteiger partial charge on any atom is -0.457 e. The molecule has 63 heavy (non-hydrogen) atoms. The molecule has 6 heteroatoms. The summed E-state index contributed by atoms with van der Waals surface area (Å²) >= 11 is 1.85. The van der Waals surface area contributed by atoms with Gasteiger partial charge in [-0.05, 0) is 97.5 Å². The SMILES string of the molecule is Cc1cc(C)c(N2CN(c3cccc(Oc4ccc5c6cc7sc8ccccc8c7cc6n(-c6cc(C(C)(C)C)ccn6)c5c4)c3)C(c3ccccc3)=C2c2ccccc2)c(C)c1. The van der Waals surface area contributed by atoms with Crippen LogP contribution in [0.4, 0.5) is 11.4 Å². The van der Waals surface area contributed by atoms with Crippen LogP contribution in [-0.4, -0.2) is 16.2 Å². The van der Waals surface area contributed by atoms with E-state index in [2.05, 4.69) is 220 Å². The molecule has 7 aromatic carbocycles. The van der Waals surface area contributed by atoms with Crippen molar-refractivity contribution in [2.24, 2.45) is 0 Å². The van der Waals surface area contributed by atoms with Crippen molar-refractivity contribution < 1.29 is 4.74 Å². The summed E-state index contributed by atoms with van der Waals surface area (Å²) in [5, 5.41) is 4.91. The summed E-state index contributed by atoms with van der Waals surface area (Å²) in [6.07, 6.45) is 1.94. The van der Waals surface area contributed by atoms with E-state index in [4.69, 9.17) is 9.72 Å². The van der Waals surface area contributed by atoms with Gasteiger partial charge in [-0.2, -0.15) is 0 Å². The molecule has 0 saturated heterocycles. The third-order valence-electron chi connectivity index (χ3n) is 12.5. The standard InChI is InChI=1S/C57H48N4OS/c1-36-28-37(2)54(38(3)29-36)60-35-59(55(39-16-9-7-10-17-39)56(60)40-18-11-8-12-19-40)42-20-15-21-43(31-42)62-44-24-25-45-47-34-52-48(46-22-13-14-23-51(46)63-52)33-50(47)61(49(45)32-44)53-30-41(26-27-58-53)57(4,5)6/h7-34H,35H2,1-6H3. The number of benzene rings is 7. The molecule has 0 radical (unpaired) electrons. The van der Waals surface area contributed by atoms with E-state index in [1.54, 1.807) is 0 Å². The fourth-order valence-corrected chi connectivity index (χ4v) is 10.8. The van der Waals surface area contributed by atoms with Crippen LogP contribution in [0.1, 0.15) is 54.2 Å². The lowest BCUT2D eigenvalue weighted by molar-refractivity contribution is 0.483. The maximum Gasteiger partial charge on any atom is 0.137 e. The van der Waals surface area contributed by atoms with Crippen LogP contribution in [0.3, 0.4) is 0 Å². The summed E-state index contributed by atoms with van der Waals surface area (Å²) in [5.41, 5.74) is 14.1. The van der Waals surface area contributed by atoms with E-state index < -0.39 is 0 Å². The van der Waals surface area contributed by atoms with E-state index in [1.165, 1.54) is 70.1 Å². The largest absolute Gasteiger partial charge is 0.457 e. The Kier molecular flexibility index (Phi) is 9.25. The number of fused-ring (bicyclic) bond motifs is 6. The lowest BCUT2D eigenvalue weighted by atomic mass is 9.88. The number of aryl methyl sites for hydroxylation is 3. The van der Waals surface area contributed by atoms with Crippen molar-refractivity contribution in [3.8, 4) is 17.3 Å². The van der Waals surface area contributed by atoms with Crippen molar-refractivity contribution in [2.75, 3.05) is 16.5 Å². The van der Waals surface area contributed by atoms with E-state index >= 15 is 0 Å². The second-order valence-electron chi connectivity index (χ2n) is 17.9. The summed E-state index contributed by atoms with van der Waals surface area (Å²) < 4.78 is 11.8. The van der Waals surface area contributed by atoms with Gasteiger partial charge in [0.1, 0.15) is 24.0 Å². The molecule has 11 rings (SSSR count). The molecule has 10 aromatic rings. The van der Waals surface area contributed by atoms with Crippen LogP contribution in [0.25, 0.3) is 59.2 Å². The van der Waals surface area contributed by atoms with Gasteiger partial charge in [0.15, 0.2) is 0 Å². The molecule has 0 bridgehead atoms. The number of anilines is 2. The van der Waals surface area contributed by atoms with Crippen LogP contribution in [0.2, 0.25) is 0 Å². The van der Waals surface area contributed by atoms with E-state index in [-0.39, 0.29) is 5.41 Å². The zero-order valence-electron chi connectivity index (χ0n) is 36.5. The number of nitrogens with zero attached hydrogens (tertiary/aromatic N) is 4. The Bertz CT molecular complexity index is 3400. The Morgan fingerprint density at radius 1 is 0.540 bits per heavy atom. The van der Waals surface area contributed by atoms with Gasteiger partial charge in [-0.15, -0.1) is 11.3 Å². The molecule has 4 heterocycles. The quantitative estimate of drug-likeness (QED) is 0.160. The molecule has 0 saturated carbocycles. The first kappa shape index (κ1) is 38.7. The molecule has 0 amide bonds. The third-order valence-corrected chi connectivity index (χ3v) is 13.6. The number of rotatable bonds is 7. The molecule has 1 aliphatic heterocycles. The average molecular weight is 837 g/mol. The first-order valence-corrected chi connectivity index (χ1v) is 22.5. The molecular weight excluding hydrogens is 789 g/mol. The van der Waals surface area contributed by atoms with E-state index in [0.717, 1.165) is 45.3 Å². The summed E-state index contributed by atoms with van der Waals surface area (Å²) in [5.74, 6) is 2.43. The minimum absolute atomic E-state index is 0.0336. The van der Waals surface area contributed by atoms with Crippen LogP contribution < -0.4 is 14.5 Å². The second-order valence-corrected chi connectivity index (χ2v) is 19.0. The molecule has 0 N–H and O–H groups in total. The summed E-state index contributed by atoms with van der Waals surface area (Å²) in [6, 6.07) is 59.0. The number of hydrogen-bond donors (Lipinski definition) is 0. The smallest absolute Gasteiger partial charge is 0.137 e. The Balaban J connectivity index is 1.04. The highest BCUT2D eigenvalue weighted by Gasteiger charge is 2.34. The lowest BCUT2D eigenvalue weighted by Crippen LogP contribution is -2.28. The van der Waals surface area contributed by atoms with Crippen LogP contribution >= 0.6 is 11.3 Å². The van der Waals surface area contributed by atoms with Crippen LogP contribution in [0, 0.1) is 20.8 Å². The van der Waals surface area contributed by atoms with Gasteiger partial charge in [0.05, 0.1) is 22.4 Å². The molecule has 0 aliphatic carbocycles. The summed E-state index contributed by atoms with van der Waals surface area (Å²) in [7, 11) is 0. The number of thiophene rings is 1. The molecule has 3 aromatic heterocycles. The Labute approximate surface area is 372 Å². The number of hydrogen-bond acceptors (Lipinski definition) is 5. The van der Waals surface area contributed by atoms with Crippen molar-refractivity contribution in [2.45, 2.75) is 47.0 Å². The molecule has 0 unspecified atom stereocenters. The van der Waals surface area contributed by atoms with Crippen molar-refractivity contribution in [3.63, 3.8) is 0 Å². The molecule has 0 spiro atoms. The predicted molar refractivity (Wildman–Crippen MR) is 267 cm³/mol. The first-order valence-electron chi connectivity index (χ1n) is 21.7. The van der Waals surface area contributed by atoms with Gasteiger partial charge >= 0.3 is 0 Å². The van der Waals surface area contributed by atoms with Crippen LogP contribution in [0.15, 0.2) is 170 Å². The fourth-order valence-electron chi connectivity index (χ4n) is 9.69. The molecule has 1 aliphatic rings. The van der Waals surface area contributed by atoms with Gasteiger partial charge in [0, 0.05) is 71.8 Å². The van der Waals surface area contributed by atoms with Crippen LogP contribution in [0.5, 0.6) is 11.5 Å². The second kappa shape index (κ2) is 15.0. The van der Waals surface area contributed by atoms with Gasteiger partial charge in [-0.3, -0.25) is 4.57 Å². The zero-order valence-corrected chi connectivity index (χ0v) is 37.3. The Morgan fingerprint density at radius 3 is 1.94 bits per heavy atom. The van der Waals surface area contributed by atoms with E-state index in [1.807, 2.05) is 17.5 Å². The zero-order chi connectivity index (χ0) is 43.0. The lowest BCUT2D eigenvalue weighted by Gasteiger charge is -2.28. The maximum atomic E-state index is 6.90. The molecule has 5 nitrogen and oxygen atoms in total. The molecular formula is C57H48N4OS. The monoisotopic (exact) mass is 836 g/mol. The minimum atomic E-state index is -0.0336. The molecule has 308 valence electrons. The van der Waals surface area contributed by atoms with Crippen molar-refractivity contribution in [1.82, 2.24) is 9.55 Å². The summed E-state index contributed by atoms with van der Waals surface area (Å²) in [6.45, 7) is 14.0. The predicted octanol–water partition coefficient (Wildman–Crippen LogP) is 15.4. The van der Waals surface area contributed by atoms with Gasteiger partial charge in [0.2, 0.25) is 0 Å². The topological polar surface area (TPSA) is 33.5 Å². The van der Waals surface area contributed by atoms with E-state index in [9.17, 15) is 0 Å². The fraction of sp³-hybridized carbons (Fsp3) is 0.140. The average Bonchev–Trinajstić information content (AvgIpc) is 3.95. The third kappa shape index (κ3) is 6.73.